The van der Waals surface area contributed by atoms with Crippen LogP contribution in [0.3, 0.4) is 0 Å². The minimum absolute atomic E-state index is 0.737. The molecular formula is C14H16NO2Si. The lowest BCUT2D eigenvalue weighted by atomic mass is 10.2. The molecule has 0 spiro atoms. The number of nitrogens with zero attached hydrogens (tertiary/aromatic N) is 1. The third kappa shape index (κ3) is 3.34. The summed E-state index contributed by atoms with van der Waals surface area (Å²) in [4.78, 5) is 4.44. The van der Waals surface area contributed by atoms with Gasteiger partial charge in [0.2, 0.25) is 0 Å². The van der Waals surface area contributed by atoms with E-state index in [-0.39, 0.29) is 0 Å². The van der Waals surface area contributed by atoms with Gasteiger partial charge >= 0.3 is 0 Å². The molecule has 0 amide bonds. The summed E-state index contributed by atoms with van der Waals surface area (Å²) in [5, 5.41) is 0. The van der Waals surface area contributed by atoms with Crippen LogP contribution >= 0.6 is 0 Å². The molecule has 0 aliphatic rings. The standard InChI is InChI=1S/C14H16NO2Si/c1-11-6-7-14(17-18(2)3)13(9-11)15-10-12-5-4-8-16-12/h4-10H,1-3H3. The van der Waals surface area contributed by atoms with Crippen LogP contribution in [0.2, 0.25) is 13.1 Å². The Balaban J connectivity index is 2.27. The predicted molar refractivity (Wildman–Crippen MR) is 75.3 cm³/mol. The zero-order valence-corrected chi connectivity index (χ0v) is 11.8. The molecule has 0 unspecified atom stereocenters. The van der Waals surface area contributed by atoms with E-state index in [1.165, 1.54) is 0 Å². The molecule has 0 bridgehead atoms. The van der Waals surface area contributed by atoms with Crippen LogP contribution in [-0.4, -0.2) is 15.3 Å². The zero-order valence-electron chi connectivity index (χ0n) is 10.8. The van der Waals surface area contributed by atoms with Gasteiger partial charge < -0.3 is 8.84 Å². The molecule has 0 saturated carbocycles. The molecule has 0 atom stereocenters. The highest BCUT2D eigenvalue weighted by Crippen LogP contribution is 2.29. The molecule has 0 fully saturated rings. The summed E-state index contributed by atoms with van der Waals surface area (Å²) in [6.07, 6.45) is 3.34. The van der Waals surface area contributed by atoms with Gasteiger partial charge in [0, 0.05) is 0 Å². The number of aryl methyl sites for hydroxylation is 1. The Morgan fingerprint density at radius 3 is 2.78 bits per heavy atom. The van der Waals surface area contributed by atoms with Crippen LogP contribution in [0.15, 0.2) is 46.0 Å². The monoisotopic (exact) mass is 258 g/mol. The molecule has 0 N–H and O–H groups in total. The van der Waals surface area contributed by atoms with Crippen molar-refractivity contribution in [1.82, 2.24) is 0 Å². The number of furan rings is 1. The fourth-order valence-electron chi connectivity index (χ4n) is 1.53. The maximum Gasteiger partial charge on any atom is 0.274 e. The number of benzene rings is 1. The number of rotatable bonds is 4. The molecule has 1 aromatic carbocycles. The predicted octanol–water partition coefficient (Wildman–Crippen LogP) is 3.97. The average Bonchev–Trinajstić information content (AvgIpc) is 2.82. The van der Waals surface area contributed by atoms with Crippen molar-refractivity contribution in [3.63, 3.8) is 0 Å². The molecule has 18 heavy (non-hydrogen) atoms. The first-order valence-electron chi connectivity index (χ1n) is 5.81. The lowest BCUT2D eigenvalue weighted by Crippen LogP contribution is -2.11. The maximum atomic E-state index is 5.83. The highest BCUT2D eigenvalue weighted by molar-refractivity contribution is 6.49. The first-order chi connectivity index (χ1) is 8.65. The smallest absolute Gasteiger partial charge is 0.274 e. The Labute approximate surface area is 109 Å². The molecule has 1 radical (unpaired) electrons. The molecule has 1 aromatic heterocycles. The van der Waals surface area contributed by atoms with E-state index in [0.29, 0.717) is 0 Å². The molecule has 4 heteroatoms. The molecule has 3 nitrogen and oxygen atoms in total. The summed E-state index contributed by atoms with van der Waals surface area (Å²) >= 11 is 0. The average molecular weight is 258 g/mol. The minimum Gasteiger partial charge on any atom is -0.541 e. The Kier molecular flexibility index (Phi) is 3.99. The third-order valence-electron chi connectivity index (χ3n) is 2.30. The Morgan fingerprint density at radius 2 is 2.11 bits per heavy atom. The van der Waals surface area contributed by atoms with E-state index in [4.69, 9.17) is 8.84 Å². The van der Waals surface area contributed by atoms with Crippen LogP contribution in [0.25, 0.3) is 0 Å². The van der Waals surface area contributed by atoms with Crippen molar-refractivity contribution in [3.8, 4) is 5.75 Å². The van der Waals surface area contributed by atoms with Crippen LogP contribution in [-0.2, 0) is 0 Å². The van der Waals surface area contributed by atoms with Crippen molar-refractivity contribution in [2.45, 2.75) is 20.0 Å². The van der Waals surface area contributed by atoms with Gasteiger partial charge in [0.1, 0.15) is 17.2 Å². The molecule has 0 aliphatic carbocycles. The normalized spacial score (nSPS) is 11.3. The van der Waals surface area contributed by atoms with Crippen LogP contribution in [0, 0.1) is 6.92 Å². The second kappa shape index (κ2) is 5.69. The van der Waals surface area contributed by atoms with E-state index >= 15 is 0 Å². The fourth-order valence-corrected chi connectivity index (χ4v) is 2.14. The van der Waals surface area contributed by atoms with Gasteiger partial charge in [0.05, 0.1) is 12.5 Å². The summed E-state index contributed by atoms with van der Waals surface area (Å²) in [6, 6.07) is 9.73. The van der Waals surface area contributed by atoms with Crippen LogP contribution in [0.4, 0.5) is 5.69 Å². The van der Waals surface area contributed by atoms with Crippen molar-refractivity contribution >= 4 is 20.9 Å². The lowest BCUT2D eigenvalue weighted by molar-refractivity contribution is 0.560. The Bertz CT molecular complexity index is 533. The lowest BCUT2D eigenvalue weighted by Gasteiger charge is -2.11. The van der Waals surface area contributed by atoms with Gasteiger partial charge in [-0.2, -0.15) is 0 Å². The largest absolute Gasteiger partial charge is 0.541 e. The molecule has 2 rings (SSSR count). The van der Waals surface area contributed by atoms with E-state index in [2.05, 4.69) is 18.1 Å². The highest BCUT2D eigenvalue weighted by atomic mass is 28.3. The summed E-state index contributed by atoms with van der Waals surface area (Å²) in [7, 11) is -0.790. The van der Waals surface area contributed by atoms with Gasteiger partial charge in [-0.25, -0.2) is 4.99 Å². The summed E-state index contributed by atoms with van der Waals surface area (Å²) < 4.78 is 11.1. The molecule has 0 aliphatic heterocycles. The highest BCUT2D eigenvalue weighted by Gasteiger charge is 2.06. The minimum atomic E-state index is -0.790. The van der Waals surface area contributed by atoms with Crippen LogP contribution < -0.4 is 4.43 Å². The van der Waals surface area contributed by atoms with Crippen LogP contribution in [0.5, 0.6) is 5.75 Å². The van der Waals surface area contributed by atoms with Crippen LogP contribution in [0.1, 0.15) is 11.3 Å². The van der Waals surface area contributed by atoms with Gasteiger partial charge in [-0.05, 0) is 49.8 Å². The second-order valence-electron chi connectivity index (χ2n) is 4.26. The summed E-state index contributed by atoms with van der Waals surface area (Å²) in [6.45, 7) is 6.24. The van der Waals surface area contributed by atoms with E-state index in [9.17, 15) is 0 Å². The van der Waals surface area contributed by atoms with E-state index in [1.807, 2.05) is 37.3 Å². The van der Waals surface area contributed by atoms with Crippen molar-refractivity contribution in [2.24, 2.45) is 4.99 Å². The quantitative estimate of drug-likeness (QED) is 0.614. The van der Waals surface area contributed by atoms with Crippen molar-refractivity contribution in [2.75, 3.05) is 0 Å². The molecule has 1 heterocycles. The van der Waals surface area contributed by atoms with E-state index in [1.54, 1.807) is 12.5 Å². The summed E-state index contributed by atoms with van der Waals surface area (Å²) in [5.74, 6) is 1.57. The molecule has 93 valence electrons. The van der Waals surface area contributed by atoms with Crippen molar-refractivity contribution < 1.29 is 8.84 Å². The topological polar surface area (TPSA) is 34.7 Å². The second-order valence-corrected chi connectivity index (χ2v) is 6.28. The maximum absolute atomic E-state index is 5.83. The van der Waals surface area contributed by atoms with E-state index in [0.717, 1.165) is 22.8 Å². The fraction of sp³-hybridized carbons (Fsp3) is 0.214. The Hall–Kier alpha value is -1.81. The molecule has 2 aromatic rings. The van der Waals surface area contributed by atoms with Gasteiger partial charge in [-0.15, -0.1) is 0 Å². The van der Waals surface area contributed by atoms with Crippen molar-refractivity contribution in [1.29, 1.82) is 0 Å². The number of aliphatic imine (C=N–C) groups is 1. The first-order valence-corrected chi connectivity index (χ1v) is 8.22. The van der Waals surface area contributed by atoms with Gasteiger partial charge in [0.25, 0.3) is 9.04 Å². The SMILES string of the molecule is Cc1ccc(O[Si](C)C)c(N=Cc2ccco2)c1. The van der Waals surface area contributed by atoms with Gasteiger partial charge in [-0.3, -0.25) is 0 Å². The third-order valence-corrected chi connectivity index (χ3v) is 2.93. The zero-order chi connectivity index (χ0) is 13.0. The number of hydrogen-bond donors (Lipinski definition) is 0. The Morgan fingerprint density at radius 1 is 1.28 bits per heavy atom. The molecular weight excluding hydrogens is 242 g/mol. The van der Waals surface area contributed by atoms with Crippen molar-refractivity contribution in [3.05, 3.63) is 47.9 Å². The number of hydrogen-bond acceptors (Lipinski definition) is 3. The van der Waals surface area contributed by atoms with Gasteiger partial charge in [0.15, 0.2) is 0 Å². The van der Waals surface area contributed by atoms with E-state index < -0.39 is 9.04 Å². The van der Waals surface area contributed by atoms with Gasteiger partial charge in [-0.1, -0.05) is 6.07 Å². The first kappa shape index (κ1) is 12.6. The summed E-state index contributed by atoms with van der Waals surface area (Å²) in [5.41, 5.74) is 2.01. The molecule has 0 saturated heterocycles.